The summed E-state index contributed by atoms with van der Waals surface area (Å²) in [7, 11) is 0. The van der Waals surface area contributed by atoms with Crippen LogP contribution in [0.3, 0.4) is 0 Å². The molecule has 4 aromatic carbocycles. The molecule has 8 atom stereocenters. The molecule has 2 aliphatic heterocycles. The van der Waals surface area contributed by atoms with Gasteiger partial charge in [-0.3, -0.25) is 54.8 Å². The van der Waals surface area contributed by atoms with Crippen LogP contribution in [0.25, 0.3) is 0 Å². The fraction of sp³-hybridized carbons (Fsp3) is 0.396. The summed E-state index contributed by atoms with van der Waals surface area (Å²) in [6.07, 6.45) is -0.505. The summed E-state index contributed by atoms with van der Waals surface area (Å²) in [6.45, 7) is 4.65. The van der Waals surface area contributed by atoms with Crippen molar-refractivity contribution in [1.82, 2.24) is 0 Å². The topological polar surface area (TPSA) is 310 Å². The average Bonchev–Trinajstić information content (AvgIpc) is 3.99. The van der Waals surface area contributed by atoms with Gasteiger partial charge in [-0.25, -0.2) is 9.59 Å². The zero-order valence-corrected chi connectivity index (χ0v) is 42.2. The molecule has 0 saturated heterocycles. The van der Waals surface area contributed by atoms with Crippen molar-refractivity contribution < 1.29 is 57.9 Å². The number of carbonyl (C=O) groups excluding carboxylic acids is 5. The molecule has 0 aromatic heterocycles. The van der Waals surface area contributed by atoms with E-state index in [1.807, 2.05) is 0 Å². The van der Waals surface area contributed by atoms with Crippen molar-refractivity contribution in [2.45, 2.75) is 74.3 Å². The summed E-state index contributed by atoms with van der Waals surface area (Å²) in [6, 6.07) is 26.5. The molecular weight excluding hydrogens is 1080 g/mol. The number of benzene rings is 4. The first kappa shape index (κ1) is 54.1. The number of anilines is 2. The number of rotatable bonds is 13. The van der Waals surface area contributed by atoms with Crippen LogP contribution in [-0.4, -0.2) is 93.4 Å². The van der Waals surface area contributed by atoms with Crippen molar-refractivity contribution in [2.75, 3.05) is 43.5 Å². The molecule has 380 valence electrons. The molecule has 24 heteroatoms. The van der Waals surface area contributed by atoms with Gasteiger partial charge in [0.05, 0.1) is 42.5 Å². The molecule has 4 aromatic rings. The minimum absolute atomic E-state index is 0.150. The van der Waals surface area contributed by atoms with Crippen molar-refractivity contribution in [3.05, 3.63) is 169 Å². The third-order valence-corrected chi connectivity index (χ3v) is 14.7. The molecular formula is C48H48Br2N6O16. The van der Waals surface area contributed by atoms with Crippen LogP contribution in [0, 0.1) is 52.3 Å². The lowest BCUT2D eigenvalue weighted by Crippen LogP contribution is -2.58. The first-order valence-corrected chi connectivity index (χ1v) is 24.1. The molecule has 2 aliphatic carbocycles. The highest BCUT2D eigenvalue weighted by atomic mass is 79.9. The predicted molar refractivity (Wildman–Crippen MR) is 262 cm³/mol. The van der Waals surface area contributed by atoms with Gasteiger partial charge in [-0.2, -0.15) is 0 Å². The van der Waals surface area contributed by atoms with E-state index in [1.165, 1.54) is 20.8 Å². The summed E-state index contributed by atoms with van der Waals surface area (Å²) < 4.78 is 16.1. The third kappa shape index (κ3) is 9.16. The summed E-state index contributed by atoms with van der Waals surface area (Å²) in [5, 5.41) is 54.3. The number of amides is 2. The number of hydrogen-bond donors (Lipinski definition) is 2. The third-order valence-electron chi connectivity index (χ3n) is 13.7. The second kappa shape index (κ2) is 21.6. The molecule has 2 amide bonds. The first-order chi connectivity index (χ1) is 34.1. The van der Waals surface area contributed by atoms with Crippen LogP contribution in [0.2, 0.25) is 0 Å². The standard InChI is InChI=1S/2C22H20BrN3O7.C4H8O2/c2*1-2-33-20(28)22(26(31)32)14(12-25(29)30)11-21(18(22)13-7-9-15(23)10-8-13)16-5-3-4-6-17(16)24-19(21)27;1-3-6-4(2)5/h2*3-10,14,18H,2,11-12H2,1H3,(H,24,27);3H2,1-2H3/t2*14-,18+,21-,22+;/m11./s1. The van der Waals surface area contributed by atoms with E-state index in [-0.39, 0.29) is 32.0 Å². The Morgan fingerprint density at radius 1 is 0.569 bits per heavy atom. The number of hydrogen-bond acceptors (Lipinski definition) is 16. The van der Waals surface area contributed by atoms with Gasteiger partial charge in [0, 0.05) is 46.9 Å². The van der Waals surface area contributed by atoms with Gasteiger partial charge in [-0.15, -0.1) is 0 Å². The van der Waals surface area contributed by atoms with Crippen LogP contribution >= 0.6 is 31.9 Å². The van der Waals surface area contributed by atoms with Crippen LogP contribution in [-0.2, 0) is 49.0 Å². The van der Waals surface area contributed by atoms with E-state index in [2.05, 4.69) is 47.2 Å². The zero-order chi connectivity index (χ0) is 52.9. The van der Waals surface area contributed by atoms with Crippen LogP contribution < -0.4 is 10.6 Å². The van der Waals surface area contributed by atoms with E-state index in [0.29, 0.717) is 49.2 Å². The summed E-state index contributed by atoms with van der Waals surface area (Å²) in [5.74, 6) is -9.05. The maximum atomic E-state index is 13.6. The van der Waals surface area contributed by atoms with E-state index in [9.17, 15) is 64.4 Å². The molecule has 0 unspecified atom stereocenters. The highest BCUT2D eigenvalue weighted by molar-refractivity contribution is 9.10. The van der Waals surface area contributed by atoms with Crippen LogP contribution in [0.5, 0.6) is 0 Å². The maximum Gasteiger partial charge on any atom is 0.386 e. The molecule has 0 radical (unpaired) electrons. The minimum Gasteiger partial charge on any atom is -0.466 e. The van der Waals surface area contributed by atoms with E-state index in [1.54, 1.807) is 104 Å². The smallest absolute Gasteiger partial charge is 0.386 e. The molecule has 2 fully saturated rings. The number of fused-ring (bicyclic) bond motifs is 4. The molecule has 0 bridgehead atoms. The molecule has 8 rings (SSSR count). The number of nitrogens with one attached hydrogen (secondary N) is 2. The lowest BCUT2D eigenvalue weighted by atomic mass is 9.66. The van der Waals surface area contributed by atoms with E-state index < -0.39 is 102 Å². The van der Waals surface area contributed by atoms with Crippen molar-refractivity contribution >= 4 is 73.0 Å². The fourth-order valence-electron chi connectivity index (χ4n) is 11.3. The van der Waals surface area contributed by atoms with Crippen molar-refractivity contribution in [3.8, 4) is 0 Å². The number of ether oxygens (including phenoxy) is 3. The number of carbonyl (C=O) groups is 5. The van der Waals surface area contributed by atoms with Crippen molar-refractivity contribution in [2.24, 2.45) is 11.8 Å². The fourth-order valence-corrected chi connectivity index (χ4v) is 11.8. The molecule has 2 N–H and O–H groups in total. The number of para-hydroxylation sites is 2. The molecule has 4 aliphatic rings. The Morgan fingerprint density at radius 2 is 0.903 bits per heavy atom. The molecule has 22 nitrogen and oxygen atoms in total. The quantitative estimate of drug-likeness (QED) is 0.0580. The van der Waals surface area contributed by atoms with Gasteiger partial charge >= 0.3 is 29.0 Å². The van der Waals surface area contributed by atoms with Gasteiger partial charge in [-0.05, 0) is 92.3 Å². The normalized spacial score (nSPS) is 26.1. The summed E-state index contributed by atoms with van der Waals surface area (Å²) >= 11 is 6.66. The first-order valence-electron chi connectivity index (χ1n) is 22.5. The lowest BCUT2D eigenvalue weighted by molar-refractivity contribution is -0.582. The van der Waals surface area contributed by atoms with Gasteiger partial charge in [0.2, 0.25) is 24.9 Å². The molecule has 72 heavy (non-hydrogen) atoms. The molecule has 2 heterocycles. The summed E-state index contributed by atoms with van der Waals surface area (Å²) in [5.41, 5.74) is -5.62. The Labute approximate surface area is 427 Å². The number of esters is 3. The Balaban J connectivity index is 0.000000211. The maximum absolute atomic E-state index is 13.6. The van der Waals surface area contributed by atoms with Crippen molar-refractivity contribution in [3.63, 3.8) is 0 Å². The van der Waals surface area contributed by atoms with Gasteiger partial charge in [0.1, 0.15) is 11.8 Å². The van der Waals surface area contributed by atoms with Gasteiger partial charge < -0.3 is 24.8 Å². The number of nitrogens with zero attached hydrogens (tertiary/aromatic N) is 4. The van der Waals surface area contributed by atoms with E-state index >= 15 is 0 Å². The monoisotopic (exact) mass is 1120 g/mol. The largest absolute Gasteiger partial charge is 0.466 e. The lowest BCUT2D eigenvalue weighted by Gasteiger charge is -2.34. The predicted octanol–water partition coefficient (Wildman–Crippen LogP) is 7.17. The molecule has 2 saturated carbocycles. The summed E-state index contributed by atoms with van der Waals surface area (Å²) in [4.78, 5) is 110. The van der Waals surface area contributed by atoms with Gasteiger partial charge in [0.25, 0.3) is 0 Å². The highest BCUT2D eigenvalue weighted by Crippen LogP contribution is 2.65. The Kier molecular flexibility index (Phi) is 16.3. The van der Waals surface area contributed by atoms with E-state index in [0.717, 1.165) is 0 Å². The second-order valence-corrected chi connectivity index (χ2v) is 19.1. The zero-order valence-electron chi connectivity index (χ0n) is 39.1. The van der Waals surface area contributed by atoms with Crippen LogP contribution in [0.15, 0.2) is 106 Å². The highest BCUT2D eigenvalue weighted by Gasteiger charge is 2.81. The van der Waals surface area contributed by atoms with E-state index in [4.69, 9.17) is 9.47 Å². The minimum atomic E-state index is -2.54. The van der Waals surface area contributed by atoms with Crippen LogP contribution in [0.4, 0.5) is 11.4 Å². The Bertz CT molecular complexity index is 2640. The Morgan fingerprint density at radius 3 is 1.18 bits per heavy atom. The van der Waals surface area contributed by atoms with Crippen LogP contribution in [0.1, 0.15) is 74.6 Å². The number of halogens is 2. The second-order valence-electron chi connectivity index (χ2n) is 17.3. The van der Waals surface area contributed by atoms with Gasteiger partial charge in [0.15, 0.2) is 0 Å². The Hall–Kier alpha value is -7.21. The van der Waals surface area contributed by atoms with Crippen molar-refractivity contribution in [1.29, 1.82) is 0 Å². The molecule has 2 spiro atoms. The average molecular weight is 1120 g/mol. The SMILES string of the molecule is CCOC(=O)[C@]1([N+](=O)[O-])[C@@H](C[N+](=O)[O-])C[C@]2(C(=O)Nc3ccccc32)[C@@H]1c1ccc(Br)cc1.CCOC(=O)[C@]1([N+](=O)[O-])[C@@H](C[N+](=O)[O-])C[C@]2(C(=O)Nc3ccccc32)[C@@H]1c1ccc(Br)cc1.CCOC(C)=O. The van der Waals surface area contributed by atoms with Gasteiger partial charge in [-0.1, -0.05) is 92.5 Å². The number of nitro groups is 4.